The third-order valence-electron chi connectivity index (χ3n) is 9.19. The molecule has 4 heterocycles. The lowest BCUT2D eigenvalue weighted by Gasteiger charge is -2.40. The quantitative estimate of drug-likeness (QED) is 0.255. The van der Waals surface area contributed by atoms with E-state index in [1.807, 2.05) is 17.8 Å². The summed E-state index contributed by atoms with van der Waals surface area (Å²) >= 11 is 0.709. The molecule has 1 aliphatic heterocycles. The standard InChI is InChI=1S/C30H34F2N10O2S2/c1-17-14-41(15-18(2)35-17)22-12-20(46(43,44)40-29(3)7-8-29)11-21-23(22)36-26(37-24(21)27-38-39-28(45-27)25(31)32)19-13-34-42(16-19)30(9-10-33)5-4-6-30/h11-13,16-18,25,35,40H,4-9,14-15H2,1-3H3. The molecule has 3 aromatic heterocycles. The summed E-state index contributed by atoms with van der Waals surface area (Å²) in [7, 11) is -3.96. The third-order valence-corrected chi connectivity index (χ3v) is 11.7. The second-order valence-electron chi connectivity index (χ2n) is 13.1. The van der Waals surface area contributed by atoms with Gasteiger partial charge in [0.2, 0.25) is 10.0 Å². The molecule has 7 rings (SSSR count). The molecule has 0 amide bonds. The van der Waals surface area contributed by atoms with Crippen molar-refractivity contribution in [3.05, 3.63) is 29.5 Å². The summed E-state index contributed by atoms with van der Waals surface area (Å²) in [5.74, 6) is 0.283. The molecule has 242 valence electrons. The molecule has 2 N–H and O–H groups in total. The highest BCUT2D eigenvalue weighted by Gasteiger charge is 2.42. The molecule has 0 bridgehead atoms. The molecule has 46 heavy (non-hydrogen) atoms. The number of nitrogens with zero attached hydrogens (tertiary/aromatic N) is 8. The smallest absolute Gasteiger partial charge is 0.291 e. The zero-order valence-corrected chi connectivity index (χ0v) is 27.3. The highest BCUT2D eigenvalue weighted by molar-refractivity contribution is 7.89. The minimum absolute atomic E-state index is 0.0365. The van der Waals surface area contributed by atoms with Crippen LogP contribution in [0, 0.1) is 11.3 Å². The van der Waals surface area contributed by atoms with E-state index in [0.717, 1.165) is 32.1 Å². The van der Waals surface area contributed by atoms with Crippen LogP contribution in [0.2, 0.25) is 0 Å². The van der Waals surface area contributed by atoms with Crippen LogP contribution in [-0.4, -0.2) is 69.1 Å². The predicted octanol–water partition coefficient (Wildman–Crippen LogP) is 4.76. The Morgan fingerprint density at radius 3 is 2.50 bits per heavy atom. The number of benzene rings is 1. The van der Waals surface area contributed by atoms with Crippen molar-refractivity contribution >= 4 is 38.0 Å². The molecular weight excluding hydrogens is 635 g/mol. The molecule has 2 aliphatic carbocycles. The van der Waals surface area contributed by atoms with Crippen LogP contribution in [0.3, 0.4) is 0 Å². The van der Waals surface area contributed by atoms with Crippen LogP contribution < -0.4 is 14.9 Å². The molecule has 16 heteroatoms. The van der Waals surface area contributed by atoms with E-state index in [-0.39, 0.29) is 39.0 Å². The van der Waals surface area contributed by atoms with Gasteiger partial charge < -0.3 is 10.2 Å². The Bertz CT molecular complexity index is 1950. The number of sulfonamides is 1. The fourth-order valence-electron chi connectivity index (χ4n) is 6.41. The lowest BCUT2D eigenvalue weighted by Crippen LogP contribution is -2.54. The van der Waals surface area contributed by atoms with E-state index in [2.05, 4.69) is 50.2 Å². The van der Waals surface area contributed by atoms with Gasteiger partial charge in [0.1, 0.15) is 5.69 Å². The fourth-order valence-corrected chi connectivity index (χ4v) is 8.62. The van der Waals surface area contributed by atoms with Crippen molar-refractivity contribution in [3.63, 3.8) is 0 Å². The third kappa shape index (κ3) is 5.63. The normalized spacial score (nSPS) is 22.2. The number of nitriles is 1. The van der Waals surface area contributed by atoms with Gasteiger partial charge in [-0.25, -0.2) is 31.9 Å². The molecule has 2 unspecified atom stereocenters. The first kappa shape index (κ1) is 31.0. The Labute approximate surface area is 269 Å². The van der Waals surface area contributed by atoms with Gasteiger partial charge in [0.15, 0.2) is 15.8 Å². The van der Waals surface area contributed by atoms with E-state index in [4.69, 9.17) is 9.97 Å². The minimum Gasteiger partial charge on any atom is -0.367 e. The van der Waals surface area contributed by atoms with Crippen molar-refractivity contribution in [2.24, 2.45) is 0 Å². The van der Waals surface area contributed by atoms with Crippen LogP contribution >= 0.6 is 11.3 Å². The number of rotatable bonds is 9. The number of halogens is 2. The summed E-state index contributed by atoms with van der Waals surface area (Å²) in [4.78, 5) is 12.0. The van der Waals surface area contributed by atoms with E-state index in [0.29, 0.717) is 53.0 Å². The first-order chi connectivity index (χ1) is 21.9. The first-order valence-electron chi connectivity index (χ1n) is 15.3. The van der Waals surface area contributed by atoms with Crippen molar-refractivity contribution in [1.82, 2.24) is 40.0 Å². The number of nitrogens with one attached hydrogen (secondary N) is 2. The Hall–Kier alpha value is -3.65. The zero-order chi connectivity index (χ0) is 32.4. The Balaban J connectivity index is 1.46. The maximum atomic E-state index is 13.8. The molecule has 3 aliphatic rings. The van der Waals surface area contributed by atoms with E-state index >= 15 is 0 Å². The monoisotopic (exact) mass is 668 g/mol. The number of alkyl halides is 2. The number of anilines is 1. The lowest BCUT2D eigenvalue weighted by molar-refractivity contribution is 0.130. The number of piperazine rings is 1. The molecular formula is C30H34F2N10O2S2. The average Bonchev–Trinajstić information content (AvgIpc) is 3.36. The Kier molecular flexibility index (Phi) is 7.58. The van der Waals surface area contributed by atoms with Crippen LogP contribution in [0.5, 0.6) is 0 Å². The molecule has 1 aromatic carbocycles. The molecule has 0 radical (unpaired) electrons. The van der Waals surface area contributed by atoms with Gasteiger partial charge in [-0.2, -0.15) is 10.4 Å². The van der Waals surface area contributed by atoms with Crippen molar-refractivity contribution < 1.29 is 17.2 Å². The van der Waals surface area contributed by atoms with E-state index in [9.17, 15) is 22.5 Å². The number of aromatic nitrogens is 6. The molecule has 3 fully saturated rings. The fraction of sp³-hybridized carbons (Fsp3) is 0.533. The van der Waals surface area contributed by atoms with Crippen LogP contribution in [0.4, 0.5) is 14.5 Å². The summed E-state index contributed by atoms with van der Waals surface area (Å²) in [5.41, 5.74) is 0.956. The van der Waals surface area contributed by atoms with Gasteiger partial charge in [0.05, 0.1) is 45.9 Å². The van der Waals surface area contributed by atoms with Crippen molar-refractivity contribution in [1.29, 1.82) is 5.26 Å². The van der Waals surface area contributed by atoms with Gasteiger partial charge in [0.25, 0.3) is 6.43 Å². The maximum absolute atomic E-state index is 13.8. The number of fused-ring (bicyclic) bond motifs is 1. The molecule has 12 nitrogen and oxygen atoms in total. The van der Waals surface area contributed by atoms with E-state index in [1.54, 1.807) is 12.3 Å². The Morgan fingerprint density at radius 2 is 1.89 bits per heavy atom. The largest absolute Gasteiger partial charge is 0.367 e. The van der Waals surface area contributed by atoms with Crippen LogP contribution in [0.25, 0.3) is 33.0 Å². The van der Waals surface area contributed by atoms with Crippen LogP contribution in [-0.2, 0) is 15.6 Å². The number of hydrogen-bond donors (Lipinski definition) is 2. The highest BCUT2D eigenvalue weighted by Crippen LogP contribution is 2.43. The van der Waals surface area contributed by atoms with E-state index in [1.165, 1.54) is 6.07 Å². The molecule has 0 spiro atoms. The molecule has 1 saturated heterocycles. The summed E-state index contributed by atoms with van der Waals surface area (Å²) in [6.45, 7) is 7.17. The highest BCUT2D eigenvalue weighted by atomic mass is 32.2. The maximum Gasteiger partial charge on any atom is 0.291 e. The molecule has 4 aromatic rings. The lowest BCUT2D eigenvalue weighted by atomic mass is 9.75. The topological polar surface area (TPSA) is 155 Å². The van der Waals surface area contributed by atoms with Gasteiger partial charge in [-0.1, -0.05) is 11.3 Å². The van der Waals surface area contributed by atoms with E-state index < -0.39 is 27.0 Å². The average molecular weight is 669 g/mol. The van der Waals surface area contributed by atoms with Gasteiger partial charge in [-0.05, 0) is 65.0 Å². The molecule has 2 saturated carbocycles. The summed E-state index contributed by atoms with van der Waals surface area (Å²) in [6.07, 6.45) is 5.11. The SMILES string of the molecule is CC1CN(c2cc(S(=O)(=O)NC3(C)CC3)cc3c(-c4nnc(C(F)F)s4)nc(-c4cnn(C5(CC#N)CCC5)c4)nc23)CC(C)N1. The minimum atomic E-state index is -3.96. The van der Waals surface area contributed by atoms with Gasteiger partial charge in [-0.3, -0.25) is 4.68 Å². The number of hydrogen-bond acceptors (Lipinski definition) is 11. The second-order valence-corrected chi connectivity index (χ2v) is 15.8. The summed E-state index contributed by atoms with van der Waals surface area (Å²) in [5, 5.41) is 25.4. The van der Waals surface area contributed by atoms with Crippen LogP contribution in [0.15, 0.2) is 29.4 Å². The van der Waals surface area contributed by atoms with Crippen molar-refractivity contribution in [2.75, 3.05) is 18.0 Å². The predicted molar refractivity (Wildman–Crippen MR) is 169 cm³/mol. The van der Waals surface area contributed by atoms with Crippen LogP contribution in [0.1, 0.15) is 70.7 Å². The first-order valence-corrected chi connectivity index (χ1v) is 17.6. The zero-order valence-electron chi connectivity index (χ0n) is 25.7. The second kappa shape index (κ2) is 11.3. The summed E-state index contributed by atoms with van der Waals surface area (Å²) in [6, 6.07) is 5.64. The van der Waals surface area contributed by atoms with Crippen molar-refractivity contribution in [2.45, 2.75) is 93.8 Å². The Morgan fingerprint density at radius 1 is 1.15 bits per heavy atom. The van der Waals surface area contributed by atoms with Gasteiger partial charge in [-0.15, -0.1) is 10.2 Å². The van der Waals surface area contributed by atoms with Gasteiger partial charge >= 0.3 is 0 Å². The van der Waals surface area contributed by atoms with Crippen molar-refractivity contribution in [3.8, 4) is 28.2 Å². The van der Waals surface area contributed by atoms with Gasteiger partial charge in [0, 0.05) is 42.3 Å². The molecule has 2 atom stereocenters. The summed E-state index contributed by atoms with van der Waals surface area (Å²) < 4.78 is 59.5.